The van der Waals surface area contributed by atoms with Gasteiger partial charge in [-0.25, -0.2) is 4.79 Å². The molecule has 0 aromatic carbocycles. The first-order valence-electron chi connectivity index (χ1n) is 3.25. The van der Waals surface area contributed by atoms with Crippen molar-refractivity contribution in [2.75, 3.05) is 6.61 Å². The van der Waals surface area contributed by atoms with Crippen molar-refractivity contribution in [3.63, 3.8) is 0 Å². The summed E-state index contributed by atoms with van der Waals surface area (Å²) >= 11 is 0. The summed E-state index contributed by atoms with van der Waals surface area (Å²) in [6, 6.07) is 0. The van der Waals surface area contributed by atoms with Crippen molar-refractivity contribution in [1.29, 1.82) is 0 Å². The van der Waals surface area contributed by atoms with Crippen molar-refractivity contribution in [2.45, 2.75) is 19.4 Å². The highest BCUT2D eigenvalue weighted by molar-refractivity contribution is 5.57. The number of carbonyl (C=O) groups is 2. The number of ether oxygens (including phenoxy) is 2. The molecule has 6 nitrogen and oxygen atoms in total. The summed E-state index contributed by atoms with van der Waals surface area (Å²) in [6.45, 7) is 1.36. The van der Waals surface area contributed by atoms with Gasteiger partial charge in [-0.3, -0.25) is 0 Å². The fourth-order valence-electron chi connectivity index (χ4n) is 0.539. The molecule has 1 unspecified atom stereocenters. The molecule has 70 valence electrons. The van der Waals surface area contributed by atoms with Crippen molar-refractivity contribution < 1.29 is 29.3 Å². The molecule has 0 aliphatic rings. The van der Waals surface area contributed by atoms with E-state index in [4.69, 9.17) is 5.11 Å². The van der Waals surface area contributed by atoms with E-state index >= 15 is 0 Å². The lowest BCUT2D eigenvalue weighted by molar-refractivity contribution is -0.282. The minimum absolute atomic E-state index is 0.128. The molecular formula is C6H9O6-. The summed E-state index contributed by atoms with van der Waals surface area (Å²) in [5, 5.41) is 17.8. The Morgan fingerprint density at radius 3 is 2.58 bits per heavy atom. The molecule has 1 atom stereocenters. The molecule has 0 fully saturated rings. The van der Waals surface area contributed by atoms with E-state index in [2.05, 4.69) is 9.47 Å². The van der Waals surface area contributed by atoms with Crippen LogP contribution in [0.2, 0.25) is 0 Å². The van der Waals surface area contributed by atoms with Gasteiger partial charge in [0, 0.05) is 13.0 Å². The second-order valence-electron chi connectivity index (χ2n) is 2.08. The smallest absolute Gasteiger partial charge is 0.506 e. The van der Waals surface area contributed by atoms with E-state index in [0.29, 0.717) is 0 Å². The molecule has 6 heteroatoms. The Kier molecular flexibility index (Phi) is 4.59. The van der Waals surface area contributed by atoms with Crippen LogP contribution >= 0.6 is 0 Å². The number of hydrogen-bond donors (Lipinski definition) is 1. The van der Waals surface area contributed by atoms with Crippen molar-refractivity contribution in [1.82, 2.24) is 0 Å². The SMILES string of the molecule is CC(CCOC(=O)[O-])OC(=O)O. The van der Waals surface area contributed by atoms with Gasteiger partial charge >= 0.3 is 6.16 Å². The molecule has 0 aromatic rings. The van der Waals surface area contributed by atoms with Gasteiger partial charge in [0.05, 0.1) is 0 Å². The third kappa shape index (κ3) is 6.66. The van der Waals surface area contributed by atoms with Crippen molar-refractivity contribution in [3.05, 3.63) is 0 Å². The van der Waals surface area contributed by atoms with Crippen LogP contribution in [-0.4, -0.2) is 30.1 Å². The molecule has 0 heterocycles. The van der Waals surface area contributed by atoms with Gasteiger partial charge in [-0.15, -0.1) is 0 Å². The average Bonchev–Trinajstić information content (AvgIpc) is 1.84. The fourth-order valence-corrected chi connectivity index (χ4v) is 0.539. The monoisotopic (exact) mass is 177 g/mol. The third-order valence-electron chi connectivity index (χ3n) is 1.05. The van der Waals surface area contributed by atoms with Crippen LogP contribution in [0.25, 0.3) is 0 Å². The molecule has 0 aromatic heterocycles. The molecule has 1 N–H and O–H groups in total. The molecule has 0 saturated heterocycles. The van der Waals surface area contributed by atoms with Crippen LogP contribution in [0.5, 0.6) is 0 Å². The van der Waals surface area contributed by atoms with E-state index in [0.717, 1.165) is 0 Å². The number of hydrogen-bond acceptors (Lipinski definition) is 5. The highest BCUT2D eigenvalue weighted by atomic mass is 16.7. The van der Waals surface area contributed by atoms with Crippen LogP contribution in [0.4, 0.5) is 9.59 Å². The molecule has 0 spiro atoms. The molecule has 0 radical (unpaired) electrons. The first-order chi connectivity index (χ1) is 5.52. The zero-order chi connectivity index (χ0) is 9.56. The van der Waals surface area contributed by atoms with Crippen LogP contribution in [0.15, 0.2) is 0 Å². The maximum atomic E-state index is 9.92. The first kappa shape index (κ1) is 10.5. The molecule has 0 amide bonds. The van der Waals surface area contributed by atoms with Gasteiger partial charge in [-0.2, -0.15) is 0 Å². The highest BCUT2D eigenvalue weighted by Gasteiger charge is 2.05. The zero-order valence-electron chi connectivity index (χ0n) is 6.48. The van der Waals surface area contributed by atoms with Gasteiger partial charge in [-0.05, 0) is 6.92 Å². The summed E-state index contributed by atoms with van der Waals surface area (Å²) in [4.78, 5) is 19.6. The van der Waals surface area contributed by atoms with Crippen LogP contribution in [-0.2, 0) is 9.47 Å². The van der Waals surface area contributed by atoms with Crippen molar-refractivity contribution in [3.8, 4) is 0 Å². The third-order valence-corrected chi connectivity index (χ3v) is 1.05. The Morgan fingerprint density at radius 1 is 1.58 bits per heavy atom. The van der Waals surface area contributed by atoms with E-state index in [9.17, 15) is 14.7 Å². The predicted octanol–water partition coefficient (Wildman–Crippen LogP) is -0.180. The van der Waals surface area contributed by atoms with Gasteiger partial charge < -0.3 is 24.5 Å². The average molecular weight is 177 g/mol. The van der Waals surface area contributed by atoms with E-state index in [1.807, 2.05) is 0 Å². The second-order valence-corrected chi connectivity index (χ2v) is 2.08. The quantitative estimate of drug-likeness (QED) is 0.598. The summed E-state index contributed by atoms with van der Waals surface area (Å²) < 4.78 is 8.28. The largest absolute Gasteiger partial charge is 0.549 e. The second kappa shape index (κ2) is 5.22. The molecule has 0 aliphatic carbocycles. The Hall–Kier alpha value is -1.46. The highest BCUT2D eigenvalue weighted by Crippen LogP contribution is 1.97. The summed E-state index contributed by atoms with van der Waals surface area (Å²) in [6.07, 6.45) is -3.42. The standard InChI is InChI=1S/C6H10O6/c1-4(12-6(9)10)2-3-11-5(7)8/h4H,2-3H2,1H3,(H,7,8)(H,9,10)/p-1. The van der Waals surface area contributed by atoms with Crippen LogP contribution < -0.4 is 5.11 Å². The number of carbonyl (C=O) groups excluding carboxylic acids is 1. The maximum absolute atomic E-state index is 9.92. The Morgan fingerprint density at radius 2 is 2.17 bits per heavy atom. The van der Waals surface area contributed by atoms with Crippen molar-refractivity contribution in [2.24, 2.45) is 0 Å². The molecule has 0 saturated carbocycles. The van der Waals surface area contributed by atoms with E-state index in [1.54, 1.807) is 0 Å². The number of rotatable bonds is 4. The lowest BCUT2D eigenvalue weighted by atomic mass is 10.3. The minimum Gasteiger partial charge on any atom is -0.549 e. The first-order valence-corrected chi connectivity index (χ1v) is 3.25. The summed E-state index contributed by atoms with van der Waals surface area (Å²) in [7, 11) is 0. The lowest BCUT2D eigenvalue weighted by Gasteiger charge is -2.12. The Balaban J connectivity index is 3.37. The molecule has 0 aliphatic heterocycles. The normalized spacial score (nSPS) is 11.8. The minimum atomic E-state index is -1.63. The molecule has 0 rings (SSSR count). The van der Waals surface area contributed by atoms with Crippen molar-refractivity contribution >= 4 is 12.3 Å². The topological polar surface area (TPSA) is 95.9 Å². The molecule has 0 bridgehead atoms. The lowest BCUT2D eigenvalue weighted by Crippen LogP contribution is -2.25. The molecule has 12 heavy (non-hydrogen) atoms. The van der Waals surface area contributed by atoms with E-state index in [-0.39, 0.29) is 13.0 Å². The number of carboxylic acid groups (broad SMARTS) is 2. The van der Waals surface area contributed by atoms with E-state index in [1.165, 1.54) is 6.92 Å². The molecular weight excluding hydrogens is 168 g/mol. The van der Waals surface area contributed by atoms with Gasteiger partial charge in [0.25, 0.3) is 6.16 Å². The van der Waals surface area contributed by atoms with Gasteiger partial charge in [-0.1, -0.05) is 0 Å². The van der Waals surface area contributed by atoms with Crippen LogP contribution in [0.1, 0.15) is 13.3 Å². The Bertz CT molecular complexity index is 165. The predicted molar refractivity (Wildman–Crippen MR) is 34.5 cm³/mol. The maximum Gasteiger partial charge on any atom is 0.506 e. The van der Waals surface area contributed by atoms with E-state index < -0.39 is 18.4 Å². The summed E-state index contributed by atoms with van der Waals surface area (Å²) in [5.74, 6) is 0. The fraction of sp³-hybridized carbons (Fsp3) is 0.667. The zero-order valence-corrected chi connectivity index (χ0v) is 6.48. The van der Waals surface area contributed by atoms with Gasteiger partial charge in [0.15, 0.2) is 0 Å². The summed E-state index contributed by atoms with van der Waals surface area (Å²) in [5.41, 5.74) is 0. The van der Waals surface area contributed by atoms with Gasteiger partial charge in [0.1, 0.15) is 6.10 Å². The van der Waals surface area contributed by atoms with Gasteiger partial charge in [0.2, 0.25) is 0 Å². The van der Waals surface area contributed by atoms with Crippen LogP contribution in [0.3, 0.4) is 0 Å². The van der Waals surface area contributed by atoms with Crippen LogP contribution in [0, 0.1) is 0 Å². The Labute approximate surface area is 68.7 Å².